The maximum atomic E-state index is 13.6. The number of rotatable bonds is 5. The van der Waals surface area contributed by atoms with E-state index in [-0.39, 0.29) is 17.8 Å². The molecule has 1 amide bonds. The minimum absolute atomic E-state index is 0.0858. The van der Waals surface area contributed by atoms with Gasteiger partial charge in [-0.3, -0.25) is 9.59 Å². The number of amides is 1. The Bertz CT molecular complexity index is 921. The van der Waals surface area contributed by atoms with Crippen LogP contribution < -0.4 is 5.32 Å². The lowest BCUT2D eigenvalue weighted by atomic mass is 9.73. The number of hydrogen-bond acceptors (Lipinski definition) is 3. The number of aliphatic carboxylic acids is 1. The Balaban J connectivity index is 1.82. The number of halogens is 3. The van der Waals surface area contributed by atoms with Gasteiger partial charge in [0.15, 0.2) is 0 Å². The molecule has 1 saturated carbocycles. The first kappa shape index (κ1) is 19.9. The summed E-state index contributed by atoms with van der Waals surface area (Å²) in [7, 11) is 0. The third kappa shape index (κ3) is 3.88. The van der Waals surface area contributed by atoms with Gasteiger partial charge in [0.05, 0.1) is 28.8 Å². The van der Waals surface area contributed by atoms with E-state index in [2.05, 4.69) is 10.4 Å². The molecule has 0 saturated heterocycles. The van der Waals surface area contributed by atoms with Crippen LogP contribution in [0.4, 0.5) is 13.2 Å². The van der Waals surface area contributed by atoms with Gasteiger partial charge in [-0.05, 0) is 50.5 Å². The maximum Gasteiger partial charge on any atom is 0.416 e. The molecule has 150 valence electrons. The van der Waals surface area contributed by atoms with Crippen LogP contribution in [0.3, 0.4) is 0 Å². The van der Waals surface area contributed by atoms with E-state index < -0.39 is 35.5 Å². The summed E-state index contributed by atoms with van der Waals surface area (Å²) >= 11 is 0. The molecular weight excluding hydrogens is 375 g/mol. The van der Waals surface area contributed by atoms with Crippen LogP contribution in [-0.2, 0) is 22.3 Å². The van der Waals surface area contributed by atoms with Gasteiger partial charge >= 0.3 is 12.1 Å². The topological polar surface area (TPSA) is 84.2 Å². The summed E-state index contributed by atoms with van der Waals surface area (Å²) in [4.78, 5) is 23.2. The standard InChI is InChI=1S/C19H20F3N3O3/c1-10-7-11(2)25(24-10)13-4-3-12(16(8-13)19(20,21)22)9-23-17(26)14-5-6-15(14)18(27)28/h3-4,7-8,14-15H,5-6,9H2,1-2H3,(H,23,26)(H,27,28). The second-order valence-electron chi connectivity index (χ2n) is 7.02. The first-order chi connectivity index (χ1) is 13.1. The second kappa shape index (κ2) is 7.29. The SMILES string of the molecule is Cc1cc(C)n(-c2ccc(CNC(=O)C3CCC3C(=O)O)c(C(F)(F)F)c2)n1. The lowest BCUT2D eigenvalue weighted by molar-refractivity contribution is -0.152. The zero-order valence-electron chi connectivity index (χ0n) is 15.4. The highest BCUT2D eigenvalue weighted by atomic mass is 19.4. The predicted molar refractivity (Wildman–Crippen MR) is 93.7 cm³/mol. The second-order valence-corrected chi connectivity index (χ2v) is 7.02. The Morgan fingerprint density at radius 2 is 1.89 bits per heavy atom. The Kier molecular flexibility index (Phi) is 5.18. The Hall–Kier alpha value is -2.84. The van der Waals surface area contributed by atoms with E-state index in [1.807, 2.05) is 0 Å². The lowest BCUT2D eigenvalue weighted by Gasteiger charge is -2.32. The van der Waals surface area contributed by atoms with Crippen molar-refractivity contribution in [1.82, 2.24) is 15.1 Å². The Labute approximate surface area is 159 Å². The molecule has 9 heteroatoms. The highest BCUT2D eigenvalue weighted by Crippen LogP contribution is 2.36. The molecule has 28 heavy (non-hydrogen) atoms. The summed E-state index contributed by atoms with van der Waals surface area (Å²) in [5.74, 6) is -3.05. The van der Waals surface area contributed by atoms with Gasteiger partial charge in [0, 0.05) is 12.2 Å². The zero-order chi connectivity index (χ0) is 20.6. The number of carboxylic acid groups (broad SMARTS) is 1. The number of hydrogen-bond donors (Lipinski definition) is 2. The van der Waals surface area contributed by atoms with E-state index in [0.717, 1.165) is 6.07 Å². The fraction of sp³-hybridized carbons (Fsp3) is 0.421. The van der Waals surface area contributed by atoms with Crippen LogP contribution in [-0.4, -0.2) is 26.8 Å². The zero-order valence-corrected chi connectivity index (χ0v) is 15.4. The number of aryl methyl sites for hydroxylation is 2. The molecule has 2 unspecified atom stereocenters. The van der Waals surface area contributed by atoms with E-state index >= 15 is 0 Å². The lowest BCUT2D eigenvalue weighted by Crippen LogP contribution is -2.43. The summed E-state index contributed by atoms with van der Waals surface area (Å²) in [6.45, 7) is 3.18. The molecule has 0 spiro atoms. The number of aromatic nitrogens is 2. The molecule has 1 heterocycles. The summed E-state index contributed by atoms with van der Waals surface area (Å²) in [6, 6.07) is 5.59. The highest BCUT2D eigenvalue weighted by Gasteiger charge is 2.41. The number of nitrogens with one attached hydrogen (secondary N) is 1. The normalized spacial score (nSPS) is 19.2. The van der Waals surface area contributed by atoms with Crippen LogP contribution in [0.1, 0.15) is 35.4 Å². The van der Waals surface area contributed by atoms with Gasteiger partial charge < -0.3 is 10.4 Å². The molecule has 2 atom stereocenters. The molecule has 1 aliphatic carbocycles. The average molecular weight is 395 g/mol. The first-order valence-corrected chi connectivity index (χ1v) is 8.82. The van der Waals surface area contributed by atoms with Gasteiger partial charge in [-0.15, -0.1) is 0 Å². The maximum absolute atomic E-state index is 13.6. The first-order valence-electron chi connectivity index (χ1n) is 8.82. The molecule has 2 aromatic rings. The molecular formula is C19H20F3N3O3. The van der Waals surface area contributed by atoms with Crippen molar-refractivity contribution >= 4 is 11.9 Å². The largest absolute Gasteiger partial charge is 0.481 e. The van der Waals surface area contributed by atoms with Crippen molar-refractivity contribution in [3.8, 4) is 5.69 Å². The molecule has 0 radical (unpaired) electrons. The van der Waals surface area contributed by atoms with Gasteiger partial charge in [-0.25, -0.2) is 4.68 Å². The quantitative estimate of drug-likeness (QED) is 0.814. The minimum atomic E-state index is -4.60. The Morgan fingerprint density at radius 3 is 2.39 bits per heavy atom. The number of nitrogens with zero attached hydrogens (tertiary/aromatic N) is 2. The van der Waals surface area contributed by atoms with E-state index in [0.29, 0.717) is 24.2 Å². The van der Waals surface area contributed by atoms with Crippen molar-refractivity contribution in [3.63, 3.8) is 0 Å². The van der Waals surface area contributed by atoms with Crippen molar-refractivity contribution in [3.05, 3.63) is 46.8 Å². The predicted octanol–water partition coefficient (Wildman–Crippen LogP) is 3.23. The van der Waals surface area contributed by atoms with Gasteiger partial charge in [0.2, 0.25) is 5.91 Å². The van der Waals surface area contributed by atoms with Crippen LogP contribution in [0.2, 0.25) is 0 Å². The number of carbonyl (C=O) groups is 2. The van der Waals surface area contributed by atoms with Crippen LogP contribution in [0.25, 0.3) is 5.69 Å². The number of alkyl halides is 3. The monoisotopic (exact) mass is 395 g/mol. The van der Waals surface area contributed by atoms with E-state index in [1.165, 1.54) is 16.8 Å². The number of benzene rings is 1. The van der Waals surface area contributed by atoms with Gasteiger partial charge in [0.25, 0.3) is 0 Å². The molecule has 1 fully saturated rings. The van der Waals surface area contributed by atoms with Crippen molar-refractivity contribution < 1.29 is 27.9 Å². The minimum Gasteiger partial charge on any atom is -0.481 e. The molecule has 0 bridgehead atoms. The van der Waals surface area contributed by atoms with Crippen LogP contribution in [0, 0.1) is 25.7 Å². The third-order valence-corrected chi connectivity index (χ3v) is 5.03. The van der Waals surface area contributed by atoms with Gasteiger partial charge in [-0.2, -0.15) is 18.3 Å². The highest BCUT2D eigenvalue weighted by molar-refractivity contribution is 5.86. The van der Waals surface area contributed by atoms with Crippen LogP contribution >= 0.6 is 0 Å². The fourth-order valence-corrected chi connectivity index (χ4v) is 3.43. The molecule has 1 aromatic heterocycles. The number of carboxylic acids is 1. The Morgan fingerprint density at radius 1 is 1.21 bits per heavy atom. The van der Waals surface area contributed by atoms with E-state index in [4.69, 9.17) is 5.11 Å². The molecule has 1 aliphatic rings. The van der Waals surface area contributed by atoms with Crippen molar-refractivity contribution in [2.75, 3.05) is 0 Å². The van der Waals surface area contributed by atoms with Gasteiger partial charge in [-0.1, -0.05) is 6.07 Å². The van der Waals surface area contributed by atoms with Crippen molar-refractivity contribution in [2.24, 2.45) is 11.8 Å². The molecule has 6 nitrogen and oxygen atoms in total. The molecule has 2 N–H and O–H groups in total. The van der Waals surface area contributed by atoms with Crippen LogP contribution in [0.5, 0.6) is 0 Å². The summed E-state index contributed by atoms with van der Waals surface area (Å²) in [5, 5.41) is 15.7. The van der Waals surface area contributed by atoms with Crippen molar-refractivity contribution in [1.29, 1.82) is 0 Å². The smallest absolute Gasteiger partial charge is 0.416 e. The molecule has 1 aromatic carbocycles. The molecule has 3 rings (SSSR count). The average Bonchev–Trinajstić information content (AvgIpc) is 2.88. The summed E-state index contributed by atoms with van der Waals surface area (Å²) < 4.78 is 42.1. The number of carbonyl (C=O) groups excluding carboxylic acids is 1. The summed E-state index contributed by atoms with van der Waals surface area (Å²) in [6.07, 6.45) is -3.78. The van der Waals surface area contributed by atoms with Crippen LogP contribution in [0.15, 0.2) is 24.3 Å². The van der Waals surface area contributed by atoms with Gasteiger partial charge in [0.1, 0.15) is 0 Å². The third-order valence-electron chi connectivity index (χ3n) is 5.03. The fourth-order valence-electron chi connectivity index (χ4n) is 3.43. The van der Waals surface area contributed by atoms with E-state index in [9.17, 15) is 22.8 Å². The molecule has 0 aliphatic heterocycles. The van der Waals surface area contributed by atoms with E-state index in [1.54, 1.807) is 19.9 Å². The summed E-state index contributed by atoms with van der Waals surface area (Å²) in [5.41, 5.74) is 0.726. The van der Waals surface area contributed by atoms with Crippen molar-refractivity contribution in [2.45, 2.75) is 39.4 Å².